The fourth-order valence-electron chi connectivity index (χ4n) is 2.07. The van der Waals surface area contributed by atoms with Crippen LogP contribution in [0.5, 0.6) is 0 Å². The number of nitrogens with zero attached hydrogens (tertiary/aromatic N) is 2. The Morgan fingerprint density at radius 2 is 2.21 bits per heavy atom. The van der Waals surface area contributed by atoms with Crippen molar-refractivity contribution < 1.29 is 0 Å². The first-order valence-electron chi connectivity index (χ1n) is 6.60. The van der Waals surface area contributed by atoms with E-state index < -0.39 is 0 Å². The van der Waals surface area contributed by atoms with Gasteiger partial charge in [-0.15, -0.1) is 11.8 Å². The van der Waals surface area contributed by atoms with Crippen molar-refractivity contribution in [2.24, 2.45) is 0 Å². The highest BCUT2D eigenvalue weighted by Gasteiger charge is 2.19. The molecule has 104 valence electrons. The molecule has 19 heavy (non-hydrogen) atoms. The van der Waals surface area contributed by atoms with E-state index in [-0.39, 0.29) is 0 Å². The molecule has 0 aromatic heterocycles. The van der Waals surface area contributed by atoms with Crippen molar-refractivity contribution in [1.29, 1.82) is 0 Å². The predicted octanol–water partition coefficient (Wildman–Crippen LogP) is 2.42. The average molecular weight is 295 g/mol. The van der Waals surface area contributed by atoms with Crippen molar-refractivity contribution in [3.63, 3.8) is 0 Å². The molecule has 0 radical (unpaired) electrons. The van der Waals surface area contributed by atoms with Gasteiger partial charge in [-0.25, -0.2) is 0 Å². The molecule has 0 spiro atoms. The number of hydrogen-bond acceptors (Lipinski definition) is 3. The maximum Gasteiger partial charge on any atom is 0.173 e. The third-order valence-electron chi connectivity index (χ3n) is 3.03. The summed E-state index contributed by atoms with van der Waals surface area (Å²) in [5.74, 6) is 1.09. The van der Waals surface area contributed by atoms with Gasteiger partial charge < -0.3 is 15.1 Å². The van der Waals surface area contributed by atoms with Gasteiger partial charge in [-0.05, 0) is 51.4 Å². The minimum atomic E-state index is 0.853. The summed E-state index contributed by atoms with van der Waals surface area (Å²) >= 11 is 7.43. The number of benzene rings is 1. The topological polar surface area (TPSA) is 18.5 Å². The number of thiocarbonyl (C=S) groups is 1. The molecular formula is C14H21N3S2. The Balaban J connectivity index is 1.90. The summed E-state index contributed by atoms with van der Waals surface area (Å²) in [6, 6.07) is 8.48. The van der Waals surface area contributed by atoms with Crippen LogP contribution in [0.1, 0.15) is 6.42 Å². The minimum Gasteiger partial charge on any atom is -0.362 e. The second kappa shape index (κ2) is 7.12. The molecule has 1 aromatic rings. The summed E-state index contributed by atoms with van der Waals surface area (Å²) in [6.07, 6.45) is 1.11. The lowest BCUT2D eigenvalue weighted by Gasteiger charge is -2.31. The van der Waals surface area contributed by atoms with Gasteiger partial charge in [0.25, 0.3) is 0 Å². The molecule has 0 aliphatic carbocycles. The lowest BCUT2D eigenvalue weighted by Crippen LogP contribution is -2.43. The SMILES string of the molecule is CN(C)CCCNC(=S)N1CCSc2ccccc21. The van der Waals surface area contributed by atoms with Gasteiger partial charge >= 0.3 is 0 Å². The summed E-state index contributed by atoms with van der Waals surface area (Å²) in [5, 5.41) is 4.22. The molecule has 1 aliphatic rings. The fraction of sp³-hybridized carbons (Fsp3) is 0.500. The van der Waals surface area contributed by atoms with Gasteiger partial charge in [0.15, 0.2) is 5.11 Å². The normalized spacial score (nSPS) is 14.4. The summed E-state index contributed by atoms with van der Waals surface area (Å²) in [6.45, 7) is 3.01. The molecule has 1 aromatic carbocycles. The molecule has 0 unspecified atom stereocenters. The molecule has 1 heterocycles. The zero-order chi connectivity index (χ0) is 13.7. The predicted molar refractivity (Wildman–Crippen MR) is 88.3 cm³/mol. The Kier molecular flexibility index (Phi) is 5.48. The number of nitrogens with one attached hydrogen (secondary N) is 1. The molecule has 2 rings (SSSR count). The number of rotatable bonds is 4. The molecule has 0 saturated carbocycles. The van der Waals surface area contributed by atoms with Crippen LogP contribution in [-0.2, 0) is 0 Å². The highest BCUT2D eigenvalue weighted by atomic mass is 32.2. The van der Waals surface area contributed by atoms with E-state index >= 15 is 0 Å². The lowest BCUT2D eigenvalue weighted by atomic mass is 10.3. The Bertz CT molecular complexity index is 434. The molecule has 3 nitrogen and oxygen atoms in total. The molecule has 0 atom stereocenters. The van der Waals surface area contributed by atoms with Gasteiger partial charge in [0, 0.05) is 23.7 Å². The van der Waals surface area contributed by atoms with E-state index in [1.807, 2.05) is 11.8 Å². The van der Waals surface area contributed by atoms with Gasteiger partial charge in [-0.3, -0.25) is 0 Å². The second-order valence-corrected chi connectivity index (χ2v) is 6.38. The van der Waals surface area contributed by atoms with Crippen LogP contribution in [0.2, 0.25) is 0 Å². The number of hydrogen-bond donors (Lipinski definition) is 1. The van der Waals surface area contributed by atoms with E-state index in [4.69, 9.17) is 12.2 Å². The minimum absolute atomic E-state index is 0.853. The summed E-state index contributed by atoms with van der Waals surface area (Å²) in [5.41, 5.74) is 1.24. The Morgan fingerprint density at radius 1 is 1.42 bits per heavy atom. The van der Waals surface area contributed by atoms with E-state index in [0.29, 0.717) is 0 Å². The van der Waals surface area contributed by atoms with Gasteiger partial charge in [-0.2, -0.15) is 0 Å². The van der Waals surface area contributed by atoms with E-state index in [2.05, 4.69) is 53.5 Å². The van der Waals surface area contributed by atoms with Crippen LogP contribution in [0, 0.1) is 0 Å². The van der Waals surface area contributed by atoms with Crippen LogP contribution in [0.4, 0.5) is 5.69 Å². The maximum atomic E-state index is 5.52. The Labute approximate surface area is 125 Å². The fourth-order valence-corrected chi connectivity index (χ4v) is 3.35. The third kappa shape index (κ3) is 4.09. The number of fused-ring (bicyclic) bond motifs is 1. The van der Waals surface area contributed by atoms with E-state index in [0.717, 1.165) is 36.9 Å². The van der Waals surface area contributed by atoms with E-state index in [1.54, 1.807) is 0 Å². The van der Waals surface area contributed by atoms with Crippen molar-refractivity contribution in [2.45, 2.75) is 11.3 Å². The van der Waals surface area contributed by atoms with Crippen molar-refractivity contribution >= 4 is 34.8 Å². The quantitative estimate of drug-likeness (QED) is 0.677. The molecule has 1 N–H and O–H groups in total. The Hall–Kier alpha value is -0.780. The van der Waals surface area contributed by atoms with Crippen molar-refractivity contribution in [1.82, 2.24) is 10.2 Å². The first-order chi connectivity index (χ1) is 9.18. The van der Waals surface area contributed by atoms with Crippen LogP contribution in [0.25, 0.3) is 0 Å². The van der Waals surface area contributed by atoms with Gasteiger partial charge in [0.05, 0.1) is 5.69 Å². The maximum absolute atomic E-state index is 5.52. The highest BCUT2D eigenvalue weighted by Crippen LogP contribution is 2.34. The summed E-state index contributed by atoms with van der Waals surface area (Å²) in [4.78, 5) is 5.74. The highest BCUT2D eigenvalue weighted by molar-refractivity contribution is 7.99. The van der Waals surface area contributed by atoms with Crippen LogP contribution < -0.4 is 10.2 Å². The Morgan fingerprint density at radius 3 is 3.00 bits per heavy atom. The monoisotopic (exact) mass is 295 g/mol. The molecule has 1 aliphatic heterocycles. The smallest absolute Gasteiger partial charge is 0.173 e. The van der Waals surface area contributed by atoms with Crippen LogP contribution >= 0.6 is 24.0 Å². The lowest BCUT2D eigenvalue weighted by molar-refractivity contribution is 0.400. The third-order valence-corrected chi connectivity index (χ3v) is 4.44. The van der Waals surface area contributed by atoms with Crippen LogP contribution in [0.3, 0.4) is 0 Å². The van der Waals surface area contributed by atoms with E-state index in [9.17, 15) is 0 Å². The van der Waals surface area contributed by atoms with Gasteiger partial charge in [0.2, 0.25) is 0 Å². The van der Waals surface area contributed by atoms with Crippen molar-refractivity contribution in [3.05, 3.63) is 24.3 Å². The zero-order valence-corrected chi connectivity index (χ0v) is 13.2. The van der Waals surface area contributed by atoms with Crippen molar-refractivity contribution in [3.8, 4) is 0 Å². The zero-order valence-electron chi connectivity index (χ0n) is 11.6. The molecule has 0 bridgehead atoms. The van der Waals surface area contributed by atoms with Crippen molar-refractivity contribution in [2.75, 3.05) is 44.4 Å². The van der Waals surface area contributed by atoms with Gasteiger partial charge in [0.1, 0.15) is 0 Å². The number of para-hydroxylation sites is 1. The van der Waals surface area contributed by atoms with Crippen LogP contribution in [-0.4, -0.2) is 49.5 Å². The molecule has 0 fully saturated rings. The van der Waals surface area contributed by atoms with Gasteiger partial charge in [-0.1, -0.05) is 12.1 Å². The number of anilines is 1. The summed E-state index contributed by atoms with van der Waals surface area (Å²) in [7, 11) is 4.19. The first kappa shape index (κ1) is 14.6. The first-order valence-corrected chi connectivity index (χ1v) is 8.00. The standard InChI is InChI=1S/C14H21N3S2/c1-16(2)9-5-8-15-14(18)17-10-11-19-13-7-4-3-6-12(13)17/h3-4,6-7H,5,8-11H2,1-2H3,(H,15,18). The molecular weight excluding hydrogens is 274 g/mol. The average Bonchev–Trinajstić information content (AvgIpc) is 2.42. The second-order valence-electron chi connectivity index (χ2n) is 4.86. The molecule has 0 saturated heterocycles. The largest absolute Gasteiger partial charge is 0.362 e. The molecule has 5 heteroatoms. The van der Waals surface area contributed by atoms with Crippen LogP contribution in [0.15, 0.2) is 29.2 Å². The molecule has 0 amide bonds. The number of thioether (sulfide) groups is 1. The van der Waals surface area contributed by atoms with E-state index in [1.165, 1.54) is 10.6 Å². The summed E-state index contributed by atoms with van der Waals surface area (Å²) < 4.78 is 0.